The Morgan fingerprint density at radius 3 is 1.76 bits per heavy atom. The van der Waals surface area contributed by atoms with Crippen molar-refractivity contribution in [3.05, 3.63) is 36.5 Å². The minimum absolute atomic E-state index is 0.197. The fraction of sp³-hybridized carbons (Fsp3) is 0.825. The number of hydrogen-bond donors (Lipinski definition) is 6. The fourth-order valence-corrected chi connectivity index (χ4v) is 5.93. The van der Waals surface area contributed by atoms with Gasteiger partial charge in [0.1, 0.15) is 24.4 Å². The van der Waals surface area contributed by atoms with Crippen LogP contribution in [0.15, 0.2) is 36.5 Å². The van der Waals surface area contributed by atoms with Gasteiger partial charge in [-0.1, -0.05) is 127 Å². The summed E-state index contributed by atoms with van der Waals surface area (Å²) in [5.74, 6) is -0.197. The Morgan fingerprint density at radius 1 is 0.673 bits per heavy atom. The molecule has 49 heavy (non-hydrogen) atoms. The van der Waals surface area contributed by atoms with E-state index in [2.05, 4.69) is 43.5 Å². The summed E-state index contributed by atoms with van der Waals surface area (Å²) in [5.41, 5.74) is 0. The molecule has 1 saturated heterocycles. The molecule has 0 saturated carbocycles. The molecule has 0 aromatic carbocycles. The van der Waals surface area contributed by atoms with Gasteiger partial charge >= 0.3 is 0 Å². The Balaban J connectivity index is 2.40. The Morgan fingerprint density at radius 2 is 1.16 bits per heavy atom. The lowest BCUT2D eigenvalue weighted by atomic mass is 9.99. The van der Waals surface area contributed by atoms with Gasteiger partial charge in [0.25, 0.3) is 0 Å². The van der Waals surface area contributed by atoms with Crippen LogP contribution in [0.5, 0.6) is 0 Å². The third-order valence-electron chi connectivity index (χ3n) is 9.19. The first-order chi connectivity index (χ1) is 23.8. The number of amides is 1. The van der Waals surface area contributed by atoms with Crippen LogP contribution in [-0.4, -0.2) is 87.5 Å². The molecule has 1 aliphatic heterocycles. The molecule has 9 nitrogen and oxygen atoms in total. The van der Waals surface area contributed by atoms with Crippen molar-refractivity contribution in [3.63, 3.8) is 0 Å². The highest BCUT2D eigenvalue weighted by molar-refractivity contribution is 5.76. The molecular formula is C40H73NO8. The molecule has 0 aliphatic carbocycles. The highest BCUT2D eigenvalue weighted by atomic mass is 16.7. The van der Waals surface area contributed by atoms with E-state index in [1.807, 2.05) is 6.08 Å². The molecule has 1 fully saturated rings. The van der Waals surface area contributed by atoms with Crippen molar-refractivity contribution in [1.82, 2.24) is 5.32 Å². The van der Waals surface area contributed by atoms with Crippen LogP contribution >= 0.6 is 0 Å². The van der Waals surface area contributed by atoms with Crippen LogP contribution in [0.4, 0.5) is 0 Å². The number of carbonyl (C=O) groups excluding carboxylic acids is 1. The highest BCUT2D eigenvalue weighted by Crippen LogP contribution is 2.22. The lowest BCUT2D eigenvalue weighted by molar-refractivity contribution is -0.302. The molecule has 286 valence electrons. The first kappa shape index (κ1) is 45.4. The van der Waals surface area contributed by atoms with Crippen LogP contribution in [-0.2, 0) is 14.3 Å². The molecule has 0 aromatic heterocycles. The van der Waals surface area contributed by atoms with Gasteiger partial charge in [-0.05, 0) is 57.8 Å². The largest absolute Gasteiger partial charge is 0.394 e. The topological polar surface area (TPSA) is 149 Å². The zero-order valence-electron chi connectivity index (χ0n) is 30.9. The van der Waals surface area contributed by atoms with Gasteiger partial charge < -0.3 is 40.3 Å². The first-order valence-electron chi connectivity index (χ1n) is 19.7. The van der Waals surface area contributed by atoms with Crippen LogP contribution in [0.3, 0.4) is 0 Å². The number of carbonyl (C=O) groups is 1. The normalized spacial score (nSPS) is 22.8. The van der Waals surface area contributed by atoms with Crippen molar-refractivity contribution in [3.8, 4) is 0 Å². The summed E-state index contributed by atoms with van der Waals surface area (Å²) in [6, 6.07) is -0.819. The number of aliphatic hydroxyl groups is 5. The average molecular weight is 696 g/mol. The average Bonchev–Trinajstić information content (AvgIpc) is 3.10. The van der Waals surface area contributed by atoms with Crippen LogP contribution in [0.2, 0.25) is 0 Å². The molecule has 6 N–H and O–H groups in total. The predicted molar refractivity (Wildman–Crippen MR) is 198 cm³/mol. The van der Waals surface area contributed by atoms with Crippen molar-refractivity contribution < 1.29 is 39.8 Å². The molecule has 1 amide bonds. The maximum absolute atomic E-state index is 12.8. The van der Waals surface area contributed by atoms with Crippen molar-refractivity contribution in [2.75, 3.05) is 13.2 Å². The van der Waals surface area contributed by atoms with E-state index < -0.39 is 49.5 Å². The monoisotopic (exact) mass is 696 g/mol. The van der Waals surface area contributed by atoms with Gasteiger partial charge in [-0.25, -0.2) is 0 Å². The van der Waals surface area contributed by atoms with Crippen molar-refractivity contribution in [1.29, 1.82) is 0 Å². The number of aliphatic hydroxyl groups excluding tert-OH is 5. The summed E-state index contributed by atoms with van der Waals surface area (Å²) in [4.78, 5) is 12.8. The number of unbranched alkanes of at least 4 members (excludes halogenated alkanes) is 17. The Hall–Kier alpha value is -1.59. The minimum Gasteiger partial charge on any atom is -0.394 e. The van der Waals surface area contributed by atoms with Crippen molar-refractivity contribution >= 4 is 5.91 Å². The lowest BCUT2D eigenvalue weighted by Crippen LogP contribution is -2.60. The summed E-state index contributed by atoms with van der Waals surface area (Å²) in [7, 11) is 0. The van der Waals surface area contributed by atoms with Crippen LogP contribution in [0, 0.1) is 0 Å². The Labute approximate surface area is 298 Å². The summed E-state index contributed by atoms with van der Waals surface area (Å²) in [6.45, 7) is 3.67. The van der Waals surface area contributed by atoms with E-state index in [1.165, 1.54) is 83.5 Å². The van der Waals surface area contributed by atoms with Gasteiger partial charge in [-0.15, -0.1) is 0 Å². The van der Waals surface area contributed by atoms with Gasteiger partial charge in [0.2, 0.25) is 5.91 Å². The van der Waals surface area contributed by atoms with E-state index in [4.69, 9.17) is 9.47 Å². The smallest absolute Gasteiger partial charge is 0.220 e. The van der Waals surface area contributed by atoms with Crippen LogP contribution in [0.25, 0.3) is 0 Å². The summed E-state index contributed by atoms with van der Waals surface area (Å²) in [6.07, 6.45) is 29.1. The van der Waals surface area contributed by atoms with E-state index in [0.717, 1.165) is 51.4 Å². The van der Waals surface area contributed by atoms with Gasteiger partial charge in [-0.3, -0.25) is 4.79 Å². The molecule has 7 atom stereocenters. The Kier molecular flexibility index (Phi) is 28.9. The van der Waals surface area contributed by atoms with Gasteiger partial charge in [0, 0.05) is 6.42 Å². The molecule has 0 aromatic rings. The molecule has 1 aliphatic rings. The second-order valence-electron chi connectivity index (χ2n) is 13.7. The van der Waals surface area contributed by atoms with Gasteiger partial charge in [0.15, 0.2) is 6.29 Å². The first-order valence-corrected chi connectivity index (χ1v) is 19.7. The summed E-state index contributed by atoms with van der Waals surface area (Å²) < 4.78 is 11.1. The number of ether oxygens (including phenoxy) is 2. The molecule has 0 radical (unpaired) electrons. The van der Waals surface area contributed by atoms with E-state index in [-0.39, 0.29) is 12.5 Å². The molecule has 0 bridgehead atoms. The third-order valence-corrected chi connectivity index (χ3v) is 9.19. The van der Waals surface area contributed by atoms with E-state index >= 15 is 0 Å². The molecule has 2 unspecified atom stereocenters. The third kappa shape index (κ3) is 22.8. The minimum atomic E-state index is -1.57. The maximum atomic E-state index is 12.8. The Bertz CT molecular complexity index is 863. The maximum Gasteiger partial charge on any atom is 0.220 e. The second-order valence-corrected chi connectivity index (χ2v) is 13.7. The summed E-state index contributed by atoms with van der Waals surface area (Å²) in [5, 5.41) is 53.8. The lowest BCUT2D eigenvalue weighted by Gasteiger charge is -2.40. The molecular weight excluding hydrogens is 622 g/mol. The van der Waals surface area contributed by atoms with Gasteiger partial charge in [0.05, 0.1) is 25.4 Å². The van der Waals surface area contributed by atoms with Gasteiger partial charge in [-0.2, -0.15) is 0 Å². The second kappa shape index (κ2) is 31.2. The highest BCUT2D eigenvalue weighted by Gasteiger charge is 2.44. The SMILES string of the molecule is CCCCC/C=C/CC/C=C/[C@@H](O)[C@H](CO[C@H]1O[C@@H](CO)[C@H](O)C(O)C1O)NC(=O)CCCCCCCCC/C=C/CCCCCCCC. The standard InChI is InChI=1S/C40H73NO8/c1-3-5-7-9-11-13-14-15-16-17-18-19-20-22-24-26-28-30-36(44)41-33(34(43)29-27-25-23-21-12-10-8-6-4-2)32-48-40-39(47)38(46)37(45)35(31-42)49-40/h12,15-16,21,27,29,33-35,37-40,42-43,45-47H,3-11,13-14,17-20,22-26,28,30-32H2,1-2H3,(H,41,44)/b16-15+,21-12+,29-27+/t33-,34+,35-,37-,38?,39?,40-/m0/s1. The molecule has 0 spiro atoms. The van der Waals surface area contributed by atoms with Crippen LogP contribution < -0.4 is 5.32 Å². The molecule has 1 heterocycles. The zero-order valence-corrected chi connectivity index (χ0v) is 30.9. The quantitative estimate of drug-likeness (QED) is 0.0338. The molecule has 9 heteroatoms. The number of hydrogen-bond acceptors (Lipinski definition) is 8. The van der Waals surface area contributed by atoms with Crippen molar-refractivity contribution in [2.45, 2.75) is 198 Å². The van der Waals surface area contributed by atoms with Crippen molar-refractivity contribution in [2.24, 2.45) is 0 Å². The van der Waals surface area contributed by atoms with E-state index in [0.29, 0.717) is 6.42 Å². The molecule has 1 rings (SSSR count). The summed E-state index contributed by atoms with van der Waals surface area (Å²) >= 11 is 0. The fourth-order valence-electron chi connectivity index (χ4n) is 5.93. The number of rotatable bonds is 31. The predicted octanol–water partition coefficient (Wildman–Crippen LogP) is 6.94. The number of nitrogens with one attached hydrogen (secondary N) is 1. The van der Waals surface area contributed by atoms with E-state index in [9.17, 15) is 30.3 Å². The zero-order chi connectivity index (χ0) is 36.0. The van der Waals surface area contributed by atoms with Crippen LogP contribution in [0.1, 0.15) is 155 Å². The number of allylic oxidation sites excluding steroid dienone is 5. The van der Waals surface area contributed by atoms with E-state index in [1.54, 1.807) is 6.08 Å².